The quantitative estimate of drug-likeness (QED) is 0.851. The van der Waals surface area contributed by atoms with E-state index in [0.29, 0.717) is 29.9 Å². The van der Waals surface area contributed by atoms with Crippen molar-refractivity contribution < 1.29 is 9.47 Å². The highest BCUT2D eigenvalue weighted by atomic mass is 16.5. The molecule has 5 nitrogen and oxygen atoms in total. The highest BCUT2D eigenvalue weighted by Crippen LogP contribution is 2.25. The third-order valence-electron chi connectivity index (χ3n) is 2.79. The average Bonchev–Trinajstić information content (AvgIpc) is 2.48. The molecule has 0 aliphatic heterocycles. The van der Waals surface area contributed by atoms with Crippen molar-refractivity contribution in [2.45, 2.75) is 13.8 Å². The molecule has 0 saturated carbocycles. The second-order valence-electron chi connectivity index (χ2n) is 5.15. The topological polar surface area (TPSA) is 69.4 Å². The zero-order valence-corrected chi connectivity index (χ0v) is 12.6. The van der Waals surface area contributed by atoms with Crippen LogP contribution in [0, 0.1) is 5.92 Å². The van der Waals surface area contributed by atoms with Crippen LogP contribution in [0.4, 0.5) is 17.2 Å². The normalized spacial score (nSPS) is 10.5. The Kier molecular flexibility index (Phi) is 4.87. The summed E-state index contributed by atoms with van der Waals surface area (Å²) in [6.07, 6.45) is 0. The van der Waals surface area contributed by atoms with Gasteiger partial charge in [0, 0.05) is 11.8 Å². The van der Waals surface area contributed by atoms with Crippen molar-refractivity contribution in [1.82, 2.24) is 4.98 Å². The first-order valence-electron chi connectivity index (χ1n) is 6.89. The van der Waals surface area contributed by atoms with Crippen LogP contribution < -0.4 is 20.5 Å². The van der Waals surface area contributed by atoms with E-state index in [1.807, 2.05) is 30.3 Å². The Hall–Kier alpha value is -2.43. The number of nitrogens with one attached hydrogen (secondary N) is 1. The van der Waals surface area contributed by atoms with Gasteiger partial charge in [-0.2, -0.15) is 4.98 Å². The van der Waals surface area contributed by atoms with Gasteiger partial charge in [0.05, 0.1) is 19.4 Å². The molecule has 0 radical (unpaired) electrons. The molecular formula is C16H21N3O2. The summed E-state index contributed by atoms with van der Waals surface area (Å²) in [6.45, 7) is 4.74. The van der Waals surface area contributed by atoms with E-state index in [-0.39, 0.29) is 0 Å². The van der Waals surface area contributed by atoms with E-state index in [9.17, 15) is 0 Å². The zero-order chi connectivity index (χ0) is 15.2. The van der Waals surface area contributed by atoms with Crippen LogP contribution >= 0.6 is 0 Å². The van der Waals surface area contributed by atoms with Crippen LogP contribution in [0.15, 0.2) is 36.4 Å². The standard InChI is InChI=1S/C16H21N3O2/c1-11(2)10-21-16-14(17)7-8-15(19-16)18-12-5-4-6-13(9-12)20-3/h4-9,11H,10,17H2,1-3H3,(H,18,19). The number of hydrogen-bond acceptors (Lipinski definition) is 5. The molecule has 0 fully saturated rings. The molecule has 0 aliphatic carbocycles. The Morgan fingerprint density at radius 1 is 1.24 bits per heavy atom. The summed E-state index contributed by atoms with van der Waals surface area (Å²) in [4.78, 5) is 4.40. The first-order valence-corrected chi connectivity index (χ1v) is 6.89. The summed E-state index contributed by atoms with van der Waals surface area (Å²) in [5.74, 6) is 2.33. The molecule has 0 atom stereocenters. The molecule has 21 heavy (non-hydrogen) atoms. The molecular weight excluding hydrogens is 266 g/mol. The number of pyridine rings is 1. The fourth-order valence-corrected chi connectivity index (χ4v) is 1.73. The van der Waals surface area contributed by atoms with Crippen LogP contribution in [-0.4, -0.2) is 18.7 Å². The number of ether oxygens (including phenoxy) is 2. The van der Waals surface area contributed by atoms with E-state index in [0.717, 1.165) is 11.4 Å². The minimum atomic E-state index is 0.418. The van der Waals surface area contributed by atoms with Crippen LogP contribution in [0.3, 0.4) is 0 Å². The highest BCUT2D eigenvalue weighted by molar-refractivity contribution is 5.61. The van der Waals surface area contributed by atoms with Crippen molar-refractivity contribution >= 4 is 17.2 Å². The average molecular weight is 287 g/mol. The third kappa shape index (κ3) is 4.27. The predicted molar refractivity (Wildman–Crippen MR) is 85.3 cm³/mol. The van der Waals surface area contributed by atoms with Gasteiger partial charge < -0.3 is 20.5 Å². The van der Waals surface area contributed by atoms with Gasteiger partial charge in [-0.3, -0.25) is 0 Å². The number of rotatable bonds is 6. The Labute approximate surface area is 125 Å². The lowest BCUT2D eigenvalue weighted by atomic mass is 10.2. The smallest absolute Gasteiger partial charge is 0.239 e. The summed E-state index contributed by atoms with van der Waals surface area (Å²) < 4.78 is 10.8. The second-order valence-corrected chi connectivity index (χ2v) is 5.15. The van der Waals surface area contributed by atoms with E-state index < -0.39 is 0 Å². The molecule has 5 heteroatoms. The summed E-state index contributed by atoms with van der Waals surface area (Å²) in [6, 6.07) is 11.2. The zero-order valence-electron chi connectivity index (χ0n) is 12.6. The van der Waals surface area contributed by atoms with Gasteiger partial charge in [0.2, 0.25) is 5.88 Å². The van der Waals surface area contributed by atoms with Gasteiger partial charge in [-0.1, -0.05) is 19.9 Å². The van der Waals surface area contributed by atoms with Gasteiger partial charge in [-0.25, -0.2) is 0 Å². The fraction of sp³-hybridized carbons (Fsp3) is 0.312. The number of nitrogen functional groups attached to an aromatic ring is 1. The van der Waals surface area contributed by atoms with E-state index in [4.69, 9.17) is 15.2 Å². The lowest BCUT2D eigenvalue weighted by Gasteiger charge is -2.12. The Morgan fingerprint density at radius 3 is 2.76 bits per heavy atom. The van der Waals surface area contributed by atoms with Crippen LogP contribution in [0.2, 0.25) is 0 Å². The lowest BCUT2D eigenvalue weighted by molar-refractivity contribution is 0.263. The molecule has 1 aromatic heterocycles. The Morgan fingerprint density at radius 2 is 2.05 bits per heavy atom. The predicted octanol–water partition coefficient (Wildman–Crippen LogP) is 3.45. The summed E-state index contributed by atoms with van der Waals surface area (Å²) >= 11 is 0. The van der Waals surface area contributed by atoms with Crippen LogP contribution in [-0.2, 0) is 0 Å². The molecule has 0 unspecified atom stereocenters. The molecule has 2 rings (SSSR count). The van der Waals surface area contributed by atoms with E-state index in [1.165, 1.54) is 0 Å². The van der Waals surface area contributed by atoms with Gasteiger partial charge in [-0.05, 0) is 30.2 Å². The number of benzene rings is 1. The number of nitrogens with two attached hydrogens (primary N) is 1. The van der Waals surface area contributed by atoms with Crippen molar-refractivity contribution in [3.63, 3.8) is 0 Å². The number of aromatic nitrogens is 1. The van der Waals surface area contributed by atoms with Crippen LogP contribution in [0.25, 0.3) is 0 Å². The van der Waals surface area contributed by atoms with Crippen molar-refractivity contribution in [2.75, 3.05) is 24.8 Å². The maximum atomic E-state index is 5.88. The number of methoxy groups -OCH3 is 1. The van der Waals surface area contributed by atoms with Gasteiger partial charge in [0.15, 0.2) is 0 Å². The Balaban J connectivity index is 2.14. The van der Waals surface area contributed by atoms with Gasteiger partial charge >= 0.3 is 0 Å². The highest BCUT2D eigenvalue weighted by Gasteiger charge is 2.06. The molecule has 0 aliphatic rings. The first kappa shape index (κ1) is 15.0. The van der Waals surface area contributed by atoms with E-state index in [1.54, 1.807) is 13.2 Å². The second kappa shape index (κ2) is 6.83. The molecule has 3 N–H and O–H groups in total. The van der Waals surface area contributed by atoms with Gasteiger partial charge in [0.1, 0.15) is 11.6 Å². The van der Waals surface area contributed by atoms with Crippen molar-refractivity contribution in [3.8, 4) is 11.6 Å². The maximum Gasteiger partial charge on any atom is 0.239 e. The monoisotopic (exact) mass is 287 g/mol. The van der Waals surface area contributed by atoms with Crippen molar-refractivity contribution in [2.24, 2.45) is 5.92 Å². The number of anilines is 3. The maximum absolute atomic E-state index is 5.88. The molecule has 112 valence electrons. The molecule has 0 amide bonds. The molecule has 1 aromatic carbocycles. The number of hydrogen-bond donors (Lipinski definition) is 2. The summed E-state index contributed by atoms with van der Waals surface area (Å²) in [5, 5.41) is 3.21. The fourth-order valence-electron chi connectivity index (χ4n) is 1.73. The SMILES string of the molecule is COc1cccc(Nc2ccc(N)c(OCC(C)C)n2)c1. The number of nitrogens with zero attached hydrogens (tertiary/aromatic N) is 1. The minimum Gasteiger partial charge on any atom is -0.497 e. The largest absolute Gasteiger partial charge is 0.497 e. The summed E-state index contributed by atoms with van der Waals surface area (Å²) in [5.41, 5.74) is 7.30. The molecule has 0 saturated heterocycles. The molecule has 2 aromatic rings. The van der Waals surface area contributed by atoms with E-state index >= 15 is 0 Å². The first-order chi connectivity index (χ1) is 10.1. The lowest BCUT2D eigenvalue weighted by Crippen LogP contribution is -2.08. The van der Waals surface area contributed by atoms with Gasteiger partial charge in [0.25, 0.3) is 0 Å². The minimum absolute atomic E-state index is 0.418. The van der Waals surface area contributed by atoms with Crippen molar-refractivity contribution in [3.05, 3.63) is 36.4 Å². The molecule has 0 bridgehead atoms. The summed E-state index contributed by atoms with van der Waals surface area (Å²) in [7, 11) is 1.64. The van der Waals surface area contributed by atoms with Crippen LogP contribution in [0.5, 0.6) is 11.6 Å². The molecule has 1 heterocycles. The van der Waals surface area contributed by atoms with Gasteiger partial charge in [-0.15, -0.1) is 0 Å². The molecule has 0 spiro atoms. The van der Waals surface area contributed by atoms with Crippen molar-refractivity contribution in [1.29, 1.82) is 0 Å². The Bertz CT molecular complexity index is 600. The van der Waals surface area contributed by atoms with Crippen LogP contribution in [0.1, 0.15) is 13.8 Å². The third-order valence-corrected chi connectivity index (χ3v) is 2.79. The van der Waals surface area contributed by atoms with E-state index in [2.05, 4.69) is 24.1 Å².